The molecular formula is C29H27ClF4N6O3. The Bertz CT molecular complexity index is 1790. The van der Waals surface area contributed by atoms with Crippen LogP contribution in [-0.4, -0.2) is 49.9 Å². The van der Waals surface area contributed by atoms with Crippen molar-refractivity contribution in [1.82, 2.24) is 29.1 Å². The van der Waals surface area contributed by atoms with Crippen molar-refractivity contribution in [2.45, 2.75) is 38.2 Å². The van der Waals surface area contributed by atoms with Crippen LogP contribution in [0, 0.1) is 5.82 Å². The van der Waals surface area contributed by atoms with Gasteiger partial charge in [-0.3, -0.25) is 0 Å². The highest BCUT2D eigenvalue weighted by atomic mass is 35.5. The molecule has 1 aliphatic heterocycles. The molecule has 43 heavy (non-hydrogen) atoms. The monoisotopic (exact) mass is 618 g/mol. The summed E-state index contributed by atoms with van der Waals surface area (Å²) in [6.45, 7) is 0.381. The van der Waals surface area contributed by atoms with E-state index in [0.717, 1.165) is 23.9 Å². The van der Waals surface area contributed by atoms with Crippen LogP contribution in [0.15, 0.2) is 42.7 Å². The van der Waals surface area contributed by atoms with Gasteiger partial charge >= 0.3 is 6.18 Å². The smallest absolute Gasteiger partial charge is 0.451 e. The zero-order valence-corrected chi connectivity index (χ0v) is 24.2. The molecule has 1 atom stereocenters. The molecule has 6 rings (SSSR count). The SMILES string of the molecule is COc1ccc(Cn2nc(-c3c(-c4cnn(C5CCCCO5)c4)c4cc(OC)c(Cl)c(F)c4n3C)nc2C(F)(F)F)cc1. The lowest BCUT2D eigenvalue weighted by Crippen LogP contribution is -2.18. The molecular weight excluding hydrogens is 592 g/mol. The summed E-state index contributed by atoms with van der Waals surface area (Å²) >= 11 is 6.27. The first kappa shape index (κ1) is 29.0. The number of aryl methyl sites for hydroxylation is 1. The van der Waals surface area contributed by atoms with E-state index in [0.29, 0.717) is 34.4 Å². The molecule has 1 saturated heterocycles. The summed E-state index contributed by atoms with van der Waals surface area (Å²) in [5.41, 5.74) is 1.65. The zero-order valence-electron chi connectivity index (χ0n) is 23.5. The van der Waals surface area contributed by atoms with Crippen LogP contribution in [0.4, 0.5) is 17.6 Å². The number of halogens is 5. The fourth-order valence-electron chi connectivity index (χ4n) is 5.44. The van der Waals surface area contributed by atoms with Gasteiger partial charge in [-0.25, -0.2) is 18.7 Å². The van der Waals surface area contributed by atoms with E-state index < -0.39 is 17.8 Å². The number of hydrogen-bond donors (Lipinski definition) is 0. The van der Waals surface area contributed by atoms with Gasteiger partial charge in [-0.1, -0.05) is 23.7 Å². The summed E-state index contributed by atoms with van der Waals surface area (Å²) in [6, 6.07) is 8.14. The molecule has 0 bridgehead atoms. The molecule has 5 aromatic rings. The van der Waals surface area contributed by atoms with E-state index in [2.05, 4.69) is 15.2 Å². The lowest BCUT2D eigenvalue weighted by molar-refractivity contribution is -0.147. The third-order valence-electron chi connectivity index (χ3n) is 7.51. The number of methoxy groups -OCH3 is 2. The molecule has 0 spiro atoms. The number of benzene rings is 2. The quantitative estimate of drug-likeness (QED) is 0.185. The van der Waals surface area contributed by atoms with Crippen molar-refractivity contribution in [2.75, 3.05) is 20.8 Å². The summed E-state index contributed by atoms with van der Waals surface area (Å²) in [5, 5.41) is 8.88. The summed E-state index contributed by atoms with van der Waals surface area (Å²) < 4.78 is 78.8. The third kappa shape index (κ3) is 5.20. The molecule has 0 amide bonds. The van der Waals surface area contributed by atoms with Crippen molar-refractivity contribution in [3.05, 3.63) is 65.0 Å². The van der Waals surface area contributed by atoms with Crippen LogP contribution in [-0.2, 0) is 24.5 Å². The second-order valence-corrected chi connectivity index (χ2v) is 10.6. The van der Waals surface area contributed by atoms with Gasteiger partial charge in [0.1, 0.15) is 22.7 Å². The van der Waals surface area contributed by atoms with Gasteiger partial charge in [0, 0.05) is 36.4 Å². The maximum Gasteiger partial charge on any atom is 0.451 e. The van der Waals surface area contributed by atoms with Crippen LogP contribution in [0.25, 0.3) is 33.5 Å². The lowest BCUT2D eigenvalue weighted by atomic mass is 10.0. The van der Waals surface area contributed by atoms with E-state index in [4.69, 9.17) is 25.8 Å². The van der Waals surface area contributed by atoms with Gasteiger partial charge in [-0.2, -0.15) is 18.3 Å². The van der Waals surface area contributed by atoms with Crippen molar-refractivity contribution in [3.8, 4) is 34.1 Å². The predicted molar refractivity (Wildman–Crippen MR) is 151 cm³/mol. The molecule has 0 aliphatic carbocycles. The Balaban J connectivity index is 1.56. The van der Waals surface area contributed by atoms with Gasteiger partial charge in [0.25, 0.3) is 0 Å². The highest BCUT2D eigenvalue weighted by Crippen LogP contribution is 2.45. The molecule has 0 saturated carbocycles. The summed E-state index contributed by atoms with van der Waals surface area (Å²) in [6.07, 6.45) is 0.860. The molecule has 1 unspecified atom stereocenters. The minimum atomic E-state index is -4.82. The second kappa shape index (κ2) is 11.2. The van der Waals surface area contributed by atoms with Crippen LogP contribution in [0.5, 0.6) is 11.5 Å². The van der Waals surface area contributed by atoms with Crippen molar-refractivity contribution < 1.29 is 31.8 Å². The Morgan fingerprint density at radius 3 is 2.53 bits per heavy atom. The molecule has 1 aliphatic rings. The van der Waals surface area contributed by atoms with E-state index in [1.54, 1.807) is 47.4 Å². The molecule has 1 fully saturated rings. The van der Waals surface area contributed by atoms with Crippen molar-refractivity contribution in [3.63, 3.8) is 0 Å². The van der Waals surface area contributed by atoms with Gasteiger partial charge in [0.15, 0.2) is 11.6 Å². The molecule has 0 N–H and O–H groups in total. The Morgan fingerprint density at radius 2 is 1.88 bits per heavy atom. The largest absolute Gasteiger partial charge is 0.497 e. The molecule has 3 aromatic heterocycles. The maximum absolute atomic E-state index is 15.7. The third-order valence-corrected chi connectivity index (χ3v) is 7.87. The Hall–Kier alpha value is -4.10. The topological polar surface area (TPSA) is 81.1 Å². The Kier molecular flexibility index (Phi) is 7.55. The van der Waals surface area contributed by atoms with Crippen LogP contribution >= 0.6 is 11.6 Å². The Labute approximate surface area is 248 Å². The molecule has 2 aromatic carbocycles. The van der Waals surface area contributed by atoms with E-state index in [9.17, 15) is 13.2 Å². The van der Waals surface area contributed by atoms with Gasteiger partial charge in [0.2, 0.25) is 5.82 Å². The standard InChI is InChI=1S/C29H27ClF4N6O3/c1-38-25-19(12-20(42-3)23(30)24(25)31)22(17-13-35-39(15-17)21-6-4-5-11-43-21)26(38)27-36-28(29(32,33)34)40(37-27)14-16-7-9-18(41-2)10-8-16/h7-10,12-13,15,21H,4-6,11,14H2,1-3H3. The van der Waals surface area contributed by atoms with E-state index in [-0.39, 0.29) is 40.6 Å². The normalized spacial score (nSPS) is 15.8. The molecule has 0 radical (unpaired) electrons. The van der Waals surface area contributed by atoms with Crippen LogP contribution < -0.4 is 9.47 Å². The van der Waals surface area contributed by atoms with Gasteiger partial charge in [-0.05, 0) is 43.0 Å². The Morgan fingerprint density at radius 1 is 1.12 bits per heavy atom. The number of hydrogen-bond acceptors (Lipinski definition) is 6. The number of aromatic nitrogens is 6. The lowest BCUT2D eigenvalue weighted by Gasteiger charge is -2.22. The van der Waals surface area contributed by atoms with E-state index in [1.165, 1.54) is 25.8 Å². The maximum atomic E-state index is 15.7. The number of nitrogens with zero attached hydrogens (tertiary/aromatic N) is 6. The van der Waals surface area contributed by atoms with Crippen molar-refractivity contribution >= 4 is 22.5 Å². The van der Waals surface area contributed by atoms with Gasteiger partial charge < -0.3 is 18.8 Å². The fourth-order valence-corrected chi connectivity index (χ4v) is 5.67. The van der Waals surface area contributed by atoms with Gasteiger partial charge in [-0.15, -0.1) is 5.10 Å². The average Bonchev–Trinajstić information content (AvgIpc) is 3.72. The highest BCUT2D eigenvalue weighted by molar-refractivity contribution is 6.33. The number of ether oxygens (including phenoxy) is 3. The van der Waals surface area contributed by atoms with Crippen LogP contribution in [0.2, 0.25) is 5.02 Å². The van der Waals surface area contributed by atoms with Crippen LogP contribution in [0.1, 0.15) is 36.9 Å². The van der Waals surface area contributed by atoms with Crippen LogP contribution in [0.3, 0.4) is 0 Å². The zero-order chi connectivity index (χ0) is 30.5. The summed E-state index contributed by atoms with van der Waals surface area (Å²) in [4.78, 5) is 3.96. The highest BCUT2D eigenvalue weighted by Gasteiger charge is 2.39. The van der Waals surface area contributed by atoms with E-state index >= 15 is 4.39 Å². The number of rotatable bonds is 7. The van der Waals surface area contributed by atoms with Crippen molar-refractivity contribution in [1.29, 1.82) is 0 Å². The molecule has 4 heterocycles. The van der Waals surface area contributed by atoms with Crippen molar-refractivity contribution in [2.24, 2.45) is 7.05 Å². The average molecular weight is 619 g/mol. The molecule has 14 heteroatoms. The molecule has 9 nitrogen and oxygen atoms in total. The first-order valence-electron chi connectivity index (χ1n) is 13.5. The fraction of sp³-hybridized carbons (Fsp3) is 0.345. The second-order valence-electron chi connectivity index (χ2n) is 10.2. The summed E-state index contributed by atoms with van der Waals surface area (Å²) in [7, 11) is 4.38. The first-order valence-corrected chi connectivity index (χ1v) is 13.8. The first-order chi connectivity index (χ1) is 20.6. The summed E-state index contributed by atoms with van der Waals surface area (Å²) in [5.74, 6) is -1.60. The minimum absolute atomic E-state index is 0.0533. The van der Waals surface area contributed by atoms with E-state index in [1.807, 2.05) is 0 Å². The minimum Gasteiger partial charge on any atom is -0.497 e. The number of fused-ring (bicyclic) bond motifs is 1. The predicted octanol–water partition coefficient (Wildman–Crippen LogP) is 6.88. The van der Waals surface area contributed by atoms with Gasteiger partial charge in [0.05, 0.1) is 38.2 Å². The number of alkyl halides is 3. The molecule has 226 valence electrons.